The van der Waals surface area contributed by atoms with Crippen LogP contribution in [0.25, 0.3) is 11.3 Å². The first kappa shape index (κ1) is 12.1. The Balaban J connectivity index is 1.82. The van der Waals surface area contributed by atoms with E-state index in [1.54, 1.807) is 6.20 Å². The molecule has 3 heteroatoms. The molecule has 3 aromatic rings. The number of rotatable bonds is 1. The fraction of sp³-hybridized carbons (Fsp3) is 0. The maximum Gasteiger partial charge on any atom is 0.197 e. The Morgan fingerprint density at radius 3 is 2.10 bits per heavy atom. The number of hydrogen-bond donors (Lipinski definition) is 2. The van der Waals surface area contributed by atoms with E-state index in [4.69, 9.17) is 5.73 Å². The zero-order valence-electron chi connectivity index (χ0n) is 10.8. The molecule has 3 N–H and O–H groups in total. The summed E-state index contributed by atoms with van der Waals surface area (Å²) in [6, 6.07) is 17.9. The largest absolute Gasteiger partial charge is 0.369 e. The molecule has 1 heterocycles. The Labute approximate surface area is 117 Å². The van der Waals surface area contributed by atoms with Gasteiger partial charge in [-0.15, -0.1) is 0 Å². The first-order valence-corrected chi connectivity index (χ1v) is 6.29. The van der Waals surface area contributed by atoms with Crippen LogP contribution in [0.2, 0.25) is 0 Å². The lowest BCUT2D eigenvalue weighted by Gasteiger charge is -1.97. The molecule has 2 aromatic carbocycles. The topological polar surface area (TPSA) is 54.7 Å². The third kappa shape index (κ3) is 2.70. The van der Waals surface area contributed by atoms with Crippen molar-refractivity contribution in [3.8, 4) is 23.1 Å². The van der Waals surface area contributed by atoms with Crippen LogP contribution >= 0.6 is 0 Å². The van der Waals surface area contributed by atoms with Gasteiger partial charge in [0.15, 0.2) is 5.95 Å². The molecule has 0 saturated heterocycles. The summed E-state index contributed by atoms with van der Waals surface area (Å²) in [6.45, 7) is 0. The molecule has 96 valence electrons. The third-order valence-corrected chi connectivity index (χ3v) is 2.92. The van der Waals surface area contributed by atoms with Crippen LogP contribution in [0.5, 0.6) is 0 Å². The monoisotopic (exact) mass is 259 g/mol. The number of nitrogens with two attached hydrogens (primary N) is 1. The molecule has 0 spiro atoms. The molecule has 3 nitrogen and oxygen atoms in total. The number of anilines is 1. The Bertz CT molecular complexity index is 759. The van der Waals surface area contributed by atoms with Gasteiger partial charge in [0.05, 0.1) is 11.9 Å². The lowest BCUT2D eigenvalue weighted by Crippen LogP contribution is -1.85. The smallest absolute Gasteiger partial charge is 0.197 e. The number of nitrogens with one attached hydrogen (secondary N) is 1. The van der Waals surface area contributed by atoms with Gasteiger partial charge in [0, 0.05) is 11.1 Å². The molecular formula is C17H13N3. The van der Waals surface area contributed by atoms with Crippen molar-refractivity contribution in [2.75, 3.05) is 5.73 Å². The van der Waals surface area contributed by atoms with Crippen molar-refractivity contribution in [3.63, 3.8) is 0 Å². The maximum atomic E-state index is 5.57. The molecule has 0 aliphatic rings. The minimum atomic E-state index is 0.424. The highest BCUT2D eigenvalue weighted by Crippen LogP contribution is 2.17. The van der Waals surface area contributed by atoms with Gasteiger partial charge in [0.25, 0.3) is 0 Å². The molecule has 0 bridgehead atoms. The zero-order valence-corrected chi connectivity index (χ0v) is 10.8. The molecule has 1 aromatic heterocycles. The van der Waals surface area contributed by atoms with Gasteiger partial charge in [-0.2, -0.15) is 0 Å². The Morgan fingerprint density at radius 2 is 1.50 bits per heavy atom. The second-order valence-electron chi connectivity index (χ2n) is 4.38. The van der Waals surface area contributed by atoms with E-state index in [1.165, 1.54) is 0 Å². The van der Waals surface area contributed by atoms with E-state index in [0.29, 0.717) is 5.95 Å². The average Bonchev–Trinajstić information content (AvgIpc) is 2.93. The number of benzene rings is 2. The van der Waals surface area contributed by atoms with Crippen LogP contribution in [-0.4, -0.2) is 9.97 Å². The summed E-state index contributed by atoms with van der Waals surface area (Å²) in [6.07, 6.45) is 1.72. The van der Waals surface area contributed by atoms with Crippen LogP contribution in [0.1, 0.15) is 11.1 Å². The molecular weight excluding hydrogens is 246 g/mol. The molecule has 0 atom stereocenters. The highest BCUT2D eigenvalue weighted by Gasteiger charge is 2.00. The van der Waals surface area contributed by atoms with E-state index in [2.05, 4.69) is 21.8 Å². The lowest BCUT2D eigenvalue weighted by atomic mass is 10.1. The van der Waals surface area contributed by atoms with Crippen LogP contribution in [0.15, 0.2) is 60.8 Å². The summed E-state index contributed by atoms with van der Waals surface area (Å²) < 4.78 is 0. The van der Waals surface area contributed by atoms with Crippen molar-refractivity contribution >= 4 is 5.95 Å². The van der Waals surface area contributed by atoms with E-state index < -0.39 is 0 Å². The summed E-state index contributed by atoms with van der Waals surface area (Å²) in [4.78, 5) is 6.99. The Hall–Kier alpha value is -2.99. The van der Waals surface area contributed by atoms with Crippen LogP contribution in [-0.2, 0) is 0 Å². The number of imidazole rings is 1. The highest BCUT2D eigenvalue weighted by molar-refractivity contribution is 5.61. The molecule has 0 fully saturated rings. The van der Waals surface area contributed by atoms with Crippen molar-refractivity contribution in [2.24, 2.45) is 0 Å². The quantitative estimate of drug-likeness (QED) is 0.660. The van der Waals surface area contributed by atoms with Crippen molar-refractivity contribution in [2.45, 2.75) is 0 Å². The number of nitrogens with zero attached hydrogens (tertiary/aromatic N) is 1. The molecule has 0 unspecified atom stereocenters. The van der Waals surface area contributed by atoms with Crippen LogP contribution in [0.4, 0.5) is 5.95 Å². The summed E-state index contributed by atoms with van der Waals surface area (Å²) in [5, 5.41) is 0. The molecule has 0 saturated carbocycles. The van der Waals surface area contributed by atoms with E-state index in [-0.39, 0.29) is 0 Å². The van der Waals surface area contributed by atoms with Gasteiger partial charge in [-0.1, -0.05) is 42.2 Å². The second-order valence-corrected chi connectivity index (χ2v) is 4.38. The number of H-pyrrole nitrogens is 1. The predicted octanol–water partition coefficient (Wildman–Crippen LogP) is 3.06. The van der Waals surface area contributed by atoms with E-state index >= 15 is 0 Å². The van der Waals surface area contributed by atoms with Gasteiger partial charge < -0.3 is 10.7 Å². The van der Waals surface area contributed by atoms with Gasteiger partial charge >= 0.3 is 0 Å². The summed E-state index contributed by atoms with van der Waals surface area (Å²) >= 11 is 0. The van der Waals surface area contributed by atoms with E-state index in [0.717, 1.165) is 22.4 Å². The number of hydrogen-bond acceptors (Lipinski definition) is 2. The summed E-state index contributed by atoms with van der Waals surface area (Å²) in [5.74, 6) is 6.70. The average molecular weight is 259 g/mol. The first-order chi connectivity index (χ1) is 9.81. The van der Waals surface area contributed by atoms with Gasteiger partial charge in [-0.3, -0.25) is 0 Å². The van der Waals surface area contributed by atoms with Crippen LogP contribution in [0, 0.1) is 11.8 Å². The van der Waals surface area contributed by atoms with Crippen molar-refractivity contribution in [3.05, 3.63) is 71.9 Å². The zero-order chi connectivity index (χ0) is 13.8. The minimum Gasteiger partial charge on any atom is -0.369 e. The first-order valence-electron chi connectivity index (χ1n) is 6.29. The second kappa shape index (κ2) is 5.33. The van der Waals surface area contributed by atoms with E-state index in [9.17, 15) is 0 Å². The van der Waals surface area contributed by atoms with Crippen LogP contribution < -0.4 is 5.73 Å². The van der Waals surface area contributed by atoms with Gasteiger partial charge in [0.1, 0.15) is 0 Å². The maximum absolute atomic E-state index is 5.57. The Morgan fingerprint density at radius 1 is 0.850 bits per heavy atom. The fourth-order valence-corrected chi connectivity index (χ4v) is 1.88. The Kier molecular flexibility index (Phi) is 3.22. The molecule has 0 aliphatic carbocycles. The highest BCUT2D eigenvalue weighted by atomic mass is 15.0. The van der Waals surface area contributed by atoms with Gasteiger partial charge in [0.2, 0.25) is 0 Å². The predicted molar refractivity (Wildman–Crippen MR) is 80.9 cm³/mol. The summed E-state index contributed by atoms with van der Waals surface area (Å²) in [7, 11) is 0. The third-order valence-electron chi connectivity index (χ3n) is 2.92. The van der Waals surface area contributed by atoms with Gasteiger partial charge in [-0.25, -0.2) is 4.98 Å². The number of nitrogen functional groups attached to an aromatic ring is 1. The van der Waals surface area contributed by atoms with Crippen molar-refractivity contribution < 1.29 is 0 Å². The van der Waals surface area contributed by atoms with Crippen molar-refractivity contribution in [1.82, 2.24) is 9.97 Å². The normalized spacial score (nSPS) is 9.80. The molecule has 0 radical (unpaired) electrons. The standard InChI is InChI=1S/C17H13N3/c18-17-19-12-16(20-17)15-10-8-14(9-11-15)7-6-13-4-2-1-3-5-13/h1-5,8-12H,(H3,18,19,20). The SMILES string of the molecule is Nc1ncc(-c2ccc(C#Cc3ccccc3)cc2)[nH]1. The molecule has 3 rings (SSSR count). The molecule has 0 amide bonds. The molecule has 20 heavy (non-hydrogen) atoms. The number of aromatic nitrogens is 2. The minimum absolute atomic E-state index is 0.424. The number of aromatic amines is 1. The van der Waals surface area contributed by atoms with Crippen LogP contribution in [0.3, 0.4) is 0 Å². The molecule has 0 aliphatic heterocycles. The lowest BCUT2D eigenvalue weighted by molar-refractivity contribution is 1.33. The van der Waals surface area contributed by atoms with Gasteiger partial charge in [-0.05, 0) is 29.8 Å². The van der Waals surface area contributed by atoms with Crippen molar-refractivity contribution in [1.29, 1.82) is 0 Å². The fourth-order valence-electron chi connectivity index (χ4n) is 1.88. The summed E-state index contributed by atoms with van der Waals surface area (Å²) in [5.41, 5.74) is 9.51. The van der Waals surface area contributed by atoms with E-state index in [1.807, 2.05) is 54.6 Å².